The van der Waals surface area contributed by atoms with Crippen molar-refractivity contribution in [2.45, 2.75) is 0 Å². The standard InChI is InChI=1S/C14H15FO4/c1-16-9-5-6-10(17-2)13-12(9)11(18-3)7-8(15)14(13)19-4/h5-7H,1-4H3. The molecule has 0 saturated carbocycles. The molecular weight excluding hydrogens is 251 g/mol. The number of hydrogen-bond donors (Lipinski definition) is 0. The number of ether oxygens (including phenoxy) is 4. The van der Waals surface area contributed by atoms with Gasteiger partial charge in [0.05, 0.1) is 39.2 Å². The van der Waals surface area contributed by atoms with Crippen molar-refractivity contribution >= 4 is 10.8 Å². The molecule has 0 fully saturated rings. The quantitative estimate of drug-likeness (QED) is 0.852. The molecule has 2 rings (SSSR count). The molecule has 2 aromatic carbocycles. The van der Waals surface area contributed by atoms with Gasteiger partial charge in [0.25, 0.3) is 0 Å². The SMILES string of the molecule is COc1ccc(OC)c2c(OC)c(F)cc(OC)c12. The number of hydrogen-bond acceptors (Lipinski definition) is 4. The van der Waals surface area contributed by atoms with Crippen molar-refractivity contribution in [2.24, 2.45) is 0 Å². The highest BCUT2D eigenvalue weighted by Crippen LogP contribution is 2.45. The molecule has 0 aromatic heterocycles. The van der Waals surface area contributed by atoms with Gasteiger partial charge < -0.3 is 18.9 Å². The molecule has 0 amide bonds. The van der Waals surface area contributed by atoms with Gasteiger partial charge in [-0.05, 0) is 12.1 Å². The summed E-state index contributed by atoms with van der Waals surface area (Å²) >= 11 is 0. The van der Waals surface area contributed by atoms with Gasteiger partial charge in [0, 0.05) is 6.07 Å². The molecule has 19 heavy (non-hydrogen) atoms. The fraction of sp³-hybridized carbons (Fsp3) is 0.286. The van der Waals surface area contributed by atoms with Crippen molar-refractivity contribution < 1.29 is 23.3 Å². The molecule has 5 heteroatoms. The molecule has 0 aliphatic rings. The molecule has 0 unspecified atom stereocenters. The van der Waals surface area contributed by atoms with E-state index in [9.17, 15) is 4.39 Å². The summed E-state index contributed by atoms with van der Waals surface area (Å²) in [5.41, 5.74) is 0. The molecule has 0 aliphatic heterocycles. The average molecular weight is 266 g/mol. The number of methoxy groups -OCH3 is 4. The molecular formula is C14H15FO4. The van der Waals surface area contributed by atoms with Gasteiger partial charge in [-0.2, -0.15) is 0 Å². The number of benzene rings is 2. The number of fused-ring (bicyclic) bond motifs is 1. The van der Waals surface area contributed by atoms with E-state index in [1.807, 2.05) is 0 Å². The Morgan fingerprint density at radius 1 is 0.737 bits per heavy atom. The Morgan fingerprint density at radius 2 is 1.26 bits per heavy atom. The Bertz CT molecular complexity index is 610. The predicted molar refractivity (Wildman–Crippen MR) is 70.1 cm³/mol. The molecule has 0 aliphatic carbocycles. The fourth-order valence-electron chi connectivity index (χ4n) is 2.11. The van der Waals surface area contributed by atoms with Crippen LogP contribution in [0.25, 0.3) is 10.8 Å². The van der Waals surface area contributed by atoms with Gasteiger partial charge in [-0.25, -0.2) is 4.39 Å². The Morgan fingerprint density at radius 3 is 1.74 bits per heavy atom. The molecule has 0 saturated heterocycles. The second-order valence-electron chi connectivity index (χ2n) is 3.81. The van der Waals surface area contributed by atoms with E-state index < -0.39 is 5.82 Å². The topological polar surface area (TPSA) is 36.9 Å². The van der Waals surface area contributed by atoms with Crippen LogP contribution in [0, 0.1) is 5.82 Å². The van der Waals surface area contributed by atoms with Crippen molar-refractivity contribution in [3.63, 3.8) is 0 Å². The largest absolute Gasteiger partial charge is 0.496 e. The first-order valence-electron chi connectivity index (χ1n) is 5.63. The van der Waals surface area contributed by atoms with Crippen molar-refractivity contribution in [3.05, 3.63) is 24.0 Å². The van der Waals surface area contributed by atoms with Gasteiger partial charge in [-0.15, -0.1) is 0 Å². The lowest BCUT2D eigenvalue weighted by atomic mass is 10.1. The monoisotopic (exact) mass is 266 g/mol. The van der Waals surface area contributed by atoms with Crippen LogP contribution in [-0.2, 0) is 0 Å². The highest BCUT2D eigenvalue weighted by Gasteiger charge is 2.20. The van der Waals surface area contributed by atoms with Crippen LogP contribution in [0.4, 0.5) is 4.39 Å². The molecule has 0 N–H and O–H groups in total. The lowest BCUT2D eigenvalue weighted by molar-refractivity contribution is 0.375. The van der Waals surface area contributed by atoms with Crippen LogP contribution in [0.1, 0.15) is 0 Å². The van der Waals surface area contributed by atoms with Crippen LogP contribution >= 0.6 is 0 Å². The minimum Gasteiger partial charge on any atom is -0.496 e. The summed E-state index contributed by atoms with van der Waals surface area (Å²) in [5.74, 6) is 1.01. The van der Waals surface area contributed by atoms with E-state index in [0.717, 1.165) is 0 Å². The van der Waals surface area contributed by atoms with E-state index in [4.69, 9.17) is 18.9 Å². The number of rotatable bonds is 4. The van der Waals surface area contributed by atoms with Crippen LogP contribution in [0.3, 0.4) is 0 Å². The Labute approximate surface area is 110 Å². The molecule has 102 valence electrons. The van der Waals surface area contributed by atoms with E-state index in [2.05, 4.69) is 0 Å². The predicted octanol–water partition coefficient (Wildman–Crippen LogP) is 3.01. The highest BCUT2D eigenvalue weighted by molar-refractivity contribution is 6.02. The lowest BCUT2D eigenvalue weighted by Crippen LogP contribution is -1.98. The first-order valence-corrected chi connectivity index (χ1v) is 5.63. The van der Waals surface area contributed by atoms with Gasteiger partial charge in [0.1, 0.15) is 17.2 Å². The summed E-state index contributed by atoms with van der Waals surface area (Å²) in [6.45, 7) is 0. The highest BCUT2D eigenvalue weighted by atomic mass is 19.1. The maximum absolute atomic E-state index is 14.0. The number of halogens is 1. The summed E-state index contributed by atoms with van der Waals surface area (Å²) in [4.78, 5) is 0. The maximum atomic E-state index is 14.0. The van der Waals surface area contributed by atoms with Crippen molar-refractivity contribution in [1.29, 1.82) is 0 Å². The van der Waals surface area contributed by atoms with Gasteiger partial charge in [0.2, 0.25) is 0 Å². The smallest absolute Gasteiger partial charge is 0.169 e. The summed E-state index contributed by atoms with van der Waals surface area (Å²) in [7, 11) is 5.93. The molecule has 4 nitrogen and oxygen atoms in total. The third kappa shape index (κ3) is 2.01. The van der Waals surface area contributed by atoms with Crippen LogP contribution in [0.5, 0.6) is 23.0 Å². The average Bonchev–Trinajstić information content (AvgIpc) is 2.45. The van der Waals surface area contributed by atoms with E-state index in [0.29, 0.717) is 28.0 Å². The summed E-state index contributed by atoms with van der Waals surface area (Å²) in [6.07, 6.45) is 0. The van der Waals surface area contributed by atoms with Crippen LogP contribution in [0.2, 0.25) is 0 Å². The summed E-state index contributed by atoms with van der Waals surface area (Å²) in [6, 6.07) is 4.70. The zero-order valence-corrected chi connectivity index (χ0v) is 11.2. The van der Waals surface area contributed by atoms with E-state index in [1.54, 1.807) is 12.1 Å². The second kappa shape index (κ2) is 5.22. The molecule has 0 spiro atoms. The van der Waals surface area contributed by atoms with Crippen molar-refractivity contribution in [3.8, 4) is 23.0 Å². The Kier molecular flexibility index (Phi) is 3.64. The van der Waals surface area contributed by atoms with Crippen LogP contribution in [-0.4, -0.2) is 28.4 Å². The fourth-order valence-corrected chi connectivity index (χ4v) is 2.11. The van der Waals surface area contributed by atoms with Gasteiger partial charge in [-0.3, -0.25) is 0 Å². The maximum Gasteiger partial charge on any atom is 0.169 e. The second-order valence-corrected chi connectivity index (χ2v) is 3.81. The van der Waals surface area contributed by atoms with Gasteiger partial charge >= 0.3 is 0 Å². The van der Waals surface area contributed by atoms with Crippen molar-refractivity contribution in [1.82, 2.24) is 0 Å². The zero-order valence-electron chi connectivity index (χ0n) is 11.2. The van der Waals surface area contributed by atoms with Crippen LogP contribution in [0.15, 0.2) is 18.2 Å². The first kappa shape index (κ1) is 13.3. The third-order valence-corrected chi connectivity index (χ3v) is 2.94. The molecule has 0 radical (unpaired) electrons. The van der Waals surface area contributed by atoms with Crippen LogP contribution < -0.4 is 18.9 Å². The normalized spacial score (nSPS) is 10.4. The molecule has 0 heterocycles. The van der Waals surface area contributed by atoms with Crippen molar-refractivity contribution in [2.75, 3.05) is 28.4 Å². The third-order valence-electron chi connectivity index (χ3n) is 2.94. The minimum atomic E-state index is -0.515. The Balaban J connectivity index is 3.00. The summed E-state index contributed by atoms with van der Waals surface area (Å²) in [5, 5.41) is 1.10. The first-order chi connectivity index (χ1) is 9.17. The zero-order chi connectivity index (χ0) is 14.0. The Hall–Kier alpha value is -2.17. The van der Waals surface area contributed by atoms with E-state index >= 15 is 0 Å². The van der Waals surface area contributed by atoms with E-state index in [-0.39, 0.29) is 5.75 Å². The molecule has 0 bridgehead atoms. The van der Waals surface area contributed by atoms with Gasteiger partial charge in [-0.1, -0.05) is 0 Å². The molecule has 2 aromatic rings. The summed E-state index contributed by atoms with van der Waals surface area (Å²) < 4.78 is 34.9. The lowest BCUT2D eigenvalue weighted by Gasteiger charge is -2.16. The van der Waals surface area contributed by atoms with E-state index in [1.165, 1.54) is 34.5 Å². The minimum absolute atomic E-state index is 0.103. The molecule has 0 atom stereocenters. The van der Waals surface area contributed by atoms with Gasteiger partial charge in [0.15, 0.2) is 11.6 Å².